The van der Waals surface area contributed by atoms with Crippen molar-refractivity contribution in [2.75, 3.05) is 18.4 Å². The predicted octanol–water partition coefficient (Wildman–Crippen LogP) is 4.06. The van der Waals surface area contributed by atoms with Crippen molar-refractivity contribution in [3.63, 3.8) is 0 Å². The second-order valence-corrected chi connectivity index (χ2v) is 8.94. The summed E-state index contributed by atoms with van der Waals surface area (Å²) in [6.07, 6.45) is 2.09. The molecule has 1 saturated heterocycles. The maximum absolute atomic E-state index is 12.7. The average Bonchev–Trinajstić information content (AvgIpc) is 3.28. The number of halogens is 1. The number of carbonyl (C=O) groups excluding carboxylic acids is 1. The molecule has 1 fully saturated rings. The summed E-state index contributed by atoms with van der Waals surface area (Å²) in [5, 5.41) is 11.2. The van der Waals surface area contributed by atoms with Crippen molar-refractivity contribution in [2.45, 2.75) is 18.9 Å². The smallest absolute Gasteiger partial charge is 0.251 e. The Bertz CT molecular complexity index is 1240. The van der Waals surface area contributed by atoms with E-state index in [1.165, 1.54) is 11.3 Å². The van der Waals surface area contributed by atoms with Crippen molar-refractivity contribution in [3.8, 4) is 0 Å². The van der Waals surface area contributed by atoms with Crippen LogP contribution in [0.1, 0.15) is 23.2 Å². The van der Waals surface area contributed by atoms with Crippen LogP contribution in [0.25, 0.3) is 21.3 Å². The predicted molar refractivity (Wildman–Crippen MR) is 122 cm³/mol. The summed E-state index contributed by atoms with van der Waals surface area (Å²) in [5.74, 6) is 0.609. The third kappa shape index (κ3) is 3.74. The van der Waals surface area contributed by atoms with Crippen LogP contribution >= 0.6 is 22.9 Å². The molecule has 2 aromatic heterocycles. The first-order valence-corrected chi connectivity index (χ1v) is 11.1. The molecule has 1 aliphatic rings. The molecular weight excluding hydrogens is 420 g/mol. The van der Waals surface area contributed by atoms with E-state index in [1.807, 2.05) is 48.0 Å². The van der Waals surface area contributed by atoms with Crippen LogP contribution in [0.4, 0.5) is 11.1 Å². The Morgan fingerprint density at radius 1 is 1.23 bits per heavy atom. The molecule has 1 aliphatic heterocycles. The minimum Gasteiger partial charge on any atom is -0.348 e. The van der Waals surface area contributed by atoms with Gasteiger partial charge in [0.25, 0.3) is 5.91 Å². The minimum atomic E-state index is -0.0613. The van der Waals surface area contributed by atoms with E-state index in [4.69, 9.17) is 11.6 Å². The number of hydrogen-bond acceptors (Lipinski definition) is 6. The first-order chi connectivity index (χ1) is 14.6. The quantitative estimate of drug-likeness (QED) is 0.445. The molecular formula is C21H21ClN6OS. The zero-order chi connectivity index (χ0) is 20.7. The molecule has 3 heterocycles. The van der Waals surface area contributed by atoms with Crippen LogP contribution in [0.2, 0.25) is 5.02 Å². The highest BCUT2D eigenvalue weighted by Crippen LogP contribution is 2.31. The standard InChI is InChI=1S/C21H21ClN6OS/c1-28-17-7-4-12(19(29)24-14-3-2-8-23-11-14)9-16(17)25-20(28)27-21-26-15-6-5-13(22)10-18(15)30-21/h4-7,9-10,14,23H,2-3,8,11H2,1H3,(H,24,29)(H,25,26,27). The first kappa shape index (κ1) is 19.3. The van der Waals surface area contributed by atoms with Gasteiger partial charge in [0.15, 0.2) is 5.13 Å². The van der Waals surface area contributed by atoms with E-state index in [2.05, 4.69) is 25.9 Å². The summed E-state index contributed by atoms with van der Waals surface area (Å²) in [4.78, 5) is 21.9. The Hall–Kier alpha value is -2.68. The molecule has 1 amide bonds. The van der Waals surface area contributed by atoms with Crippen molar-refractivity contribution >= 4 is 61.2 Å². The van der Waals surface area contributed by atoms with E-state index in [1.54, 1.807) is 0 Å². The monoisotopic (exact) mass is 440 g/mol. The van der Waals surface area contributed by atoms with E-state index in [0.717, 1.165) is 52.3 Å². The topological polar surface area (TPSA) is 83.9 Å². The summed E-state index contributed by atoms with van der Waals surface area (Å²) in [6, 6.07) is 11.4. The molecule has 0 aliphatic carbocycles. The van der Waals surface area contributed by atoms with Gasteiger partial charge in [-0.25, -0.2) is 9.97 Å². The number of thiazole rings is 1. The summed E-state index contributed by atoms with van der Waals surface area (Å²) < 4.78 is 2.97. The number of imidazole rings is 1. The molecule has 5 rings (SSSR count). The van der Waals surface area contributed by atoms with Gasteiger partial charge < -0.3 is 20.5 Å². The van der Waals surface area contributed by atoms with Crippen LogP contribution in [0.3, 0.4) is 0 Å². The first-order valence-electron chi connectivity index (χ1n) is 9.88. The highest BCUT2D eigenvalue weighted by atomic mass is 35.5. The lowest BCUT2D eigenvalue weighted by Gasteiger charge is -2.23. The van der Waals surface area contributed by atoms with Crippen molar-refractivity contribution in [1.29, 1.82) is 0 Å². The number of aryl methyl sites for hydroxylation is 1. The summed E-state index contributed by atoms with van der Waals surface area (Å²) in [7, 11) is 1.94. The maximum atomic E-state index is 12.7. The van der Waals surface area contributed by atoms with E-state index >= 15 is 0 Å². The number of aromatic nitrogens is 3. The van der Waals surface area contributed by atoms with Crippen LogP contribution in [-0.2, 0) is 7.05 Å². The van der Waals surface area contributed by atoms with Gasteiger partial charge in [-0.3, -0.25) is 4.79 Å². The van der Waals surface area contributed by atoms with Crippen molar-refractivity contribution in [1.82, 2.24) is 25.2 Å². The molecule has 3 N–H and O–H groups in total. The van der Waals surface area contributed by atoms with Gasteiger partial charge in [0.05, 0.1) is 21.3 Å². The van der Waals surface area contributed by atoms with Gasteiger partial charge in [0.1, 0.15) is 0 Å². The molecule has 0 radical (unpaired) electrons. The Morgan fingerprint density at radius 3 is 2.97 bits per heavy atom. The van der Waals surface area contributed by atoms with E-state index < -0.39 is 0 Å². The zero-order valence-electron chi connectivity index (χ0n) is 16.4. The number of amides is 1. The molecule has 1 atom stereocenters. The third-order valence-electron chi connectivity index (χ3n) is 5.34. The number of nitrogens with zero attached hydrogens (tertiary/aromatic N) is 3. The highest BCUT2D eigenvalue weighted by molar-refractivity contribution is 7.22. The minimum absolute atomic E-state index is 0.0613. The van der Waals surface area contributed by atoms with Gasteiger partial charge in [-0.15, -0.1) is 0 Å². The number of hydrogen-bond donors (Lipinski definition) is 3. The molecule has 1 unspecified atom stereocenters. The Balaban J connectivity index is 1.39. The van der Waals surface area contributed by atoms with Crippen LogP contribution in [0, 0.1) is 0 Å². The normalized spacial score (nSPS) is 16.8. The molecule has 9 heteroatoms. The van der Waals surface area contributed by atoms with Gasteiger partial charge in [-0.2, -0.15) is 0 Å². The fourth-order valence-electron chi connectivity index (χ4n) is 3.74. The maximum Gasteiger partial charge on any atom is 0.251 e. The van der Waals surface area contributed by atoms with Gasteiger partial charge >= 0.3 is 0 Å². The number of fused-ring (bicyclic) bond motifs is 2. The van der Waals surface area contributed by atoms with E-state index in [0.29, 0.717) is 16.5 Å². The Kier molecular flexibility index (Phi) is 5.06. The fraction of sp³-hybridized carbons (Fsp3) is 0.286. The van der Waals surface area contributed by atoms with Gasteiger partial charge in [0.2, 0.25) is 5.95 Å². The number of carbonyl (C=O) groups is 1. The van der Waals surface area contributed by atoms with Crippen LogP contribution in [-0.4, -0.2) is 39.6 Å². The molecule has 0 spiro atoms. The second kappa shape index (κ2) is 7.86. The number of rotatable bonds is 4. The lowest BCUT2D eigenvalue weighted by Crippen LogP contribution is -2.45. The Labute approximate surface area is 182 Å². The lowest BCUT2D eigenvalue weighted by atomic mass is 10.1. The molecule has 2 aromatic carbocycles. The average molecular weight is 441 g/mol. The van der Waals surface area contributed by atoms with E-state index in [-0.39, 0.29) is 11.9 Å². The summed E-state index contributed by atoms with van der Waals surface area (Å²) >= 11 is 7.60. The molecule has 7 nitrogen and oxygen atoms in total. The zero-order valence-corrected chi connectivity index (χ0v) is 18.0. The van der Waals surface area contributed by atoms with Crippen molar-refractivity contribution in [3.05, 3.63) is 47.0 Å². The van der Waals surface area contributed by atoms with Crippen LogP contribution < -0.4 is 16.0 Å². The highest BCUT2D eigenvalue weighted by Gasteiger charge is 2.18. The second-order valence-electron chi connectivity index (χ2n) is 7.47. The van der Waals surface area contributed by atoms with E-state index in [9.17, 15) is 4.79 Å². The van der Waals surface area contributed by atoms with Crippen LogP contribution in [0.5, 0.6) is 0 Å². The summed E-state index contributed by atoms with van der Waals surface area (Å²) in [6.45, 7) is 1.84. The van der Waals surface area contributed by atoms with Crippen molar-refractivity contribution < 1.29 is 4.79 Å². The van der Waals surface area contributed by atoms with Crippen LogP contribution in [0.15, 0.2) is 36.4 Å². The molecule has 154 valence electrons. The van der Waals surface area contributed by atoms with Gasteiger partial charge in [-0.05, 0) is 55.8 Å². The molecule has 0 saturated carbocycles. The van der Waals surface area contributed by atoms with Crippen molar-refractivity contribution in [2.24, 2.45) is 7.05 Å². The number of nitrogens with one attached hydrogen (secondary N) is 3. The summed E-state index contributed by atoms with van der Waals surface area (Å²) in [5.41, 5.74) is 3.21. The van der Waals surface area contributed by atoms with Gasteiger partial charge in [0, 0.05) is 30.2 Å². The fourth-order valence-corrected chi connectivity index (χ4v) is 4.88. The lowest BCUT2D eigenvalue weighted by molar-refractivity contribution is 0.0931. The number of benzene rings is 2. The van der Waals surface area contributed by atoms with Gasteiger partial charge in [-0.1, -0.05) is 22.9 Å². The largest absolute Gasteiger partial charge is 0.348 e. The SMILES string of the molecule is Cn1c(Nc2nc3ccc(Cl)cc3s2)nc2cc(C(=O)NC3CCCNC3)ccc21. The molecule has 0 bridgehead atoms. The third-order valence-corrected chi connectivity index (χ3v) is 6.51. The molecule has 30 heavy (non-hydrogen) atoms. The Morgan fingerprint density at radius 2 is 2.13 bits per heavy atom. The molecule has 4 aromatic rings. The number of piperidine rings is 1. The number of anilines is 2.